The van der Waals surface area contributed by atoms with Gasteiger partial charge in [0.1, 0.15) is 5.84 Å². The summed E-state index contributed by atoms with van der Waals surface area (Å²) >= 11 is 0. The molecule has 0 radical (unpaired) electrons. The molecule has 0 rings (SSSR count). The van der Waals surface area contributed by atoms with Crippen LogP contribution in [-0.4, -0.2) is 37.5 Å². The zero-order valence-corrected chi connectivity index (χ0v) is 13.7. The topological polar surface area (TPSA) is 101 Å². The molecule has 0 saturated carbocycles. The summed E-state index contributed by atoms with van der Waals surface area (Å²) in [6.45, 7) is 6.40. The first-order chi connectivity index (χ1) is 10.7. The lowest BCUT2D eigenvalue weighted by molar-refractivity contribution is 0.168. The molecule has 3 N–H and O–H groups in total. The smallest absolute Gasteiger partial charge is 0.141 e. The van der Waals surface area contributed by atoms with E-state index in [2.05, 4.69) is 19.0 Å². The fraction of sp³-hybridized carbons (Fsp3) is 0.625. The third-order valence-corrected chi connectivity index (χ3v) is 2.22. The Morgan fingerprint density at radius 1 is 1.09 bits per heavy atom. The highest BCUT2D eigenvalue weighted by atomic mass is 16.5. The second-order valence-corrected chi connectivity index (χ2v) is 4.16. The van der Waals surface area contributed by atoms with E-state index >= 15 is 0 Å². The van der Waals surface area contributed by atoms with Crippen LogP contribution in [0.1, 0.15) is 39.5 Å². The van der Waals surface area contributed by atoms with E-state index in [4.69, 9.17) is 25.7 Å². The van der Waals surface area contributed by atoms with E-state index in [9.17, 15) is 0 Å². The molecule has 0 bridgehead atoms. The molecule has 0 heterocycles. The Hall–Kier alpha value is -1.84. The molecule has 0 saturated heterocycles. The van der Waals surface area contributed by atoms with Gasteiger partial charge in [0.25, 0.3) is 0 Å². The van der Waals surface area contributed by atoms with Crippen LogP contribution in [0.15, 0.2) is 29.5 Å². The molecular formula is C16H29N3O3. The zero-order chi connectivity index (χ0) is 16.9. The molecule has 0 atom stereocenters. The summed E-state index contributed by atoms with van der Waals surface area (Å²) in [5, 5.41) is 19.1. The predicted octanol–water partition coefficient (Wildman–Crippen LogP) is 2.99. The molecular weight excluding hydrogens is 282 g/mol. The Bertz CT molecular complexity index is 347. The summed E-state index contributed by atoms with van der Waals surface area (Å²) in [6, 6.07) is 2.01. The van der Waals surface area contributed by atoms with E-state index in [-0.39, 0.29) is 5.84 Å². The van der Waals surface area contributed by atoms with Crippen molar-refractivity contribution in [3.8, 4) is 6.07 Å². The lowest BCUT2D eigenvalue weighted by atomic mass is 10.4. The summed E-state index contributed by atoms with van der Waals surface area (Å²) in [6.07, 6.45) is 11.0. The minimum absolute atomic E-state index is 0.203. The largest absolute Gasteiger partial charge is 0.409 e. The maximum atomic E-state index is 8.17. The molecule has 0 unspecified atom stereocenters. The number of hydrogen-bond acceptors (Lipinski definition) is 5. The van der Waals surface area contributed by atoms with Crippen molar-refractivity contribution in [1.29, 1.82) is 5.26 Å². The van der Waals surface area contributed by atoms with Crippen LogP contribution in [0.25, 0.3) is 0 Å². The van der Waals surface area contributed by atoms with Gasteiger partial charge in [-0.3, -0.25) is 0 Å². The molecule has 0 aromatic heterocycles. The predicted molar refractivity (Wildman–Crippen MR) is 88.8 cm³/mol. The lowest BCUT2D eigenvalue weighted by Gasteiger charge is -1.98. The van der Waals surface area contributed by atoms with Crippen LogP contribution in [-0.2, 0) is 9.47 Å². The molecule has 0 aliphatic carbocycles. The Morgan fingerprint density at radius 2 is 1.64 bits per heavy atom. The number of hydrogen-bond donors (Lipinski definition) is 2. The average molecular weight is 311 g/mol. The van der Waals surface area contributed by atoms with Crippen LogP contribution >= 0.6 is 0 Å². The fourth-order valence-corrected chi connectivity index (χ4v) is 1.12. The van der Waals surface area contributed by atoms with Crippen molar-refractivity contribution in [2.45, 2.75) is 39.5 Å². The number of nitrogens with zero attached hydrogens (tertiary/aromatic N) is 2. The second-order valence-electron chi connectivity index (χ2n) is 4.16. The SMILES string of the molecule is CC/C=C\COCC/C(N)=N\O.CC/C=C\COCCC#N. The van der Waals surface area contributed by atoms with Gasteiger partial charge in [-0.2, -0.15) is 5.26 Å². The van der Waals surface area contributed by atoms with Gasteiger partial charge < -0.3 is 20.4 Å². The van der Waals surface area contributed by atoms with Crippen LogP contribution in [0.3, 0.4) is 0 Å². The minimum atomic E-state index is 0.203. The molecule has 0 aromatic carbocycles. The first-order valence-electron chi connectivity index (χ1n) is 7.51. The van der Waals surface area contributed by atoms with Crippen molar-refractivity contribution < 1.29 is 14.7 Å². The molecule has 126 valence electrons. The van der Waals surface area contributed by atoms with Crippen molar-refractivity contribution in [1.82, 2.24) is 0 Å². The van der Waals surface area contributed by atoms with E-state index in [0.29, 0.717) is 39.3 Å². The highest BCUT2D eigenvalue weighted by molar-refractivity contribution is 5.79. The van der Waals surface area contributed by atoms with Gasteiger partial charge in [0.2, 0.25) is 0 Å². The minimum Gasteiger partial charge on any atom is -0.409 e. The van der Waals surface area contributed by atoms with E-state index in [1.165, 1.54) is 0 Å². The van der Waals surface area contributed by atoms with Crippen LogP contribution in [0.5, 0.6) is 0 Å². The molecule has 0 fully saturated rings. The fourth-order valence-electron chi connectivity index (χ4n) is 1.12. The van der Waals surface area contributed by atoms with Crippen LogP contribution in [0.4, 0.5) is 0 Å². The van der Waals surface area contributed by atoms with Crippen molar-refractivity contribution >= 4 is 5.84 Å². The van der Waals surface area contributed by atoms with Gasteiger partial charge >= 0.3 is 0 Å². The molecule has 22 heavy (non-hydrogen) atoms. The molecule has 0 aliphatic rings. The number of allylic oxidation sites excluding steroid dienone is 2. The van der Waals surface area contributed by atoms with E-state index in [1.54, 1.807) is 0 Å². The molecule has 0 aromatic rings. The molecule has 0 spiro atoms. The van der Waals surface area contributed by atoms with Crippen LogP contribution in [0, 0.1) is 11.3 Å². The van der Waals surface area contributed by atoms with Gasteiger partial charge in [0.15, 0.2) is 0 Å². The summed E-state index contributed by atoms with van der Waals surface area (Å²) in [5.41, 5.74) is 5.22. The van der Waals surface area contributed by atoms with E-state index in [0.717, 1.165) is 12.8 Å². The van der Waals surface area contributed by atoms with Gasteiger partial charge in [0, 0.05) is 6.42 Å². The molecule has 6 heteroatoms. The van der Waals surface area contributed by atoms with Crippen LogP contribution < -0.4 is 5.73 Å². The van der Waals surface area contributed by atoms with Crippen molar-refractivity contribution in [2.24, 2.45) is 10.9 Å². The summed E-state index contributed by atoms with van der Waals surface area (Å²) in [4.78, 5) is 0. The zero-order valence-electron chi connectivity index (χ0n) is 13.7. The highest BCUT2D eigenvalue weighted by Crippen LogP contribution is 1.85. The van der Waals surface area contributed by atoms with Crippen molar-refractivity contribution in [3.63, 3.8) is 0 Å². The summed E-state index contributed by atoms with van der Waals surface area (Å²) in [5.74, 6) is 0.203. The number of nitrogens with two attached hydrogens (primary N) is 1. The number of rotatable bonds is 11. The van der Waals surface area contributed by atoms with Gasteiger partial charge in [-0.05, 0) is 12.8 Å². The van der Waals surface area contributed by atoms with Gasteiger partial charge in [-0.1, -0.05) is 43.3 Å². The van der Waals surface area contributed by atoms with Crippen LogP contribution in [0.2, 0.25) is 0 Å². The van der Waals surface area contributed by atoms with E-state index in [1.807, 2.05) is 30.4 Å². The number of nitriles is 1. The summed E-state index contributed by atoms with van der Waals surface area (Å²) in [7, 11) is 0. The standard InChI is InChI=1S/C8H16N2O2.C8H13NO/c1-2-3-4-6-12-7-5-8(9)10-11;1-2-3-4-7-10-8-5-6-9/h3-4,11H,2,5-7H2,1H3,(H2,9,10);3-4H,2,5,7-8H2,1H3/b2*4-3-. The monoisotopic (exact) mass is 311 g/mol. The van der Waals surface area contributed by atoms with Crippen molar-refractivity contribution in [2.75, 3.05) is 26.4 Å². The Balaban J connectivity index is 0. The number of ether oxygens (including phenoxy) is 2. The third kappa shape index (κ3) is 23.3. The van der Waals surface area contributed by atoms with E-state index < -0.39 is 0 Å². The third-order valence-electron chi connectivity index (χ3n) is 2.22. The van der Waals surface area contributed by atoms with Crippen molar-refractivity contribution in [3.05, 3.63) is 24.3 Å². The maximum Gasteiger partial charge on any atom is 0.141 e. The Labute approximate surface area is 133 Å². The normalized spacial score (nSPS) is 11.4. The molecule has 0 amide bonds. The molecule has 0 aliphatic heterocycles. The maximum absolute atomic E-state index is 8.17. The quantitative estimate of drug-likeness (QED) is 0.152. The first kappa shape index (κ1) is 22.4. The average Bonchev–Trinajstić information content (AvgIpc) is 2.54. The lowest BCUT2D eigenvalue weighted by Crippen LogP contribution is -2.14. The Kier molecular flexibility index (Phi) is 21.9. The molecule has 6 nitrogen and oxygen atoms in total. The second kappa shape index (κ2) is 21.5. The van der Waals surface area contributed by atoms with Gasteiger partial charge in [-0.25, -0.2) is 0 Å². The number of amidine groups is 1. The van der Waals surface area contributed by atoms with Gasteiger partial charge in [0.05, 0.1) is 38.9 Å². The Morgan fingerprint density at radius 3 is 2.09 bits per heavy atom. The summed E-state index contributed by atoms with van der Waals surface area (Å²) < 4.78 is 10.2. The highest BCUT2D eigenvalue weighted by Gasteiger charge is 1.91. The number of oxime groups is 1. The first-order valence-corrected chi connectivity index (χ1v) is 7.51. The van der Waals surface area contributed by atoms with Gasteiger partial charge in [-0.15, -0.1) is 0 Å².